The van der Waals surface area contributed by atoms with Crippen molar-refractivity contribution in [3.05, 3.63) is 18.2 Å². The van der Waals surface area contributed by atoms with E-state index in [0.29, 0.717) is 13.1 Å². The van der Waals surface area contributed by atoms with Crippen LogP contribution in [0.15, 0.2) is 18.2 Å². The van der Waals surface area contributed by atoms with E-state index in [4.69, 9.17) is 0 Å². The van der Waals surface area contributed by atoms with E-state index in [1.807, 2.05) is 0 Å². The molecule has 0 aliphatic rings. The predicted octanol–water partition coefficient (Wildman–Crippen LogP) is 0.232. The Hall–Kier alpha value is -0.141. The van der Waals surface area contributed by atoms with Crippen LogP contribution in [0.3, 0.4) is 0 Å². The summed E-state index contributed by atoms with van der Waals surface area (Å²) in [7, 11) is 8.35. The molecular weight excluding hydrogens is 306 g/mol. The molecule has 0 N–H and O–H groups in total. The number of nitrogens with zero attached hydrogens (tertiary/aromatic N) is 2. The Balaban J connectivity index is 3.28. The molecule has 0 fully saturated rings. The molecule has 0 unspecified atom stereocenters. The van der Waals surface area contributed by atoms with E-state index in [0.717, 1.165) is 0 Å². The van der Waals surface area contributed by atoms with E-state index in [-0.39, 0.29) is 0 Å². The second-order valence-corrected chi connectivity index (χ2v) is 6.59. The van der Waals surface area contributed by atoms with Gasteiger partial charge in [-0.25, -0.2) is 0 Å². The van der Waals surface area contributed by atoms with Crippen LogP contribution in [0.1, 0.15) is 0 Å². The van der Waals surface area contributed by atoms with Crippen LogP contribution in [0.4, 0.5) is 11.4 Å². The summed E-state index contributed by atoms with van der Waals surface area (Å²) in [4.78, 5) is 4.34. The standard InChI is InChI=1S/C10H15N2Se2/c1-11(2)8-6-5-7-9(14-13)10(8)12(3)4/h5-7H,1-4H3. The van der Waals surface area contributed by atoms with Crippen molar-refractivity contribution in [1.82, 2.24) is 0 Å². The molecule has 0 heterocycles. The molecule has 0 aromatic heterocycles. The quantitative estimate of drug-likeness (QED) is 0.736. The Bertz CT molecular complexity index is 311. The fourth-order valence-corrected chi connectivity index (χ4v) is 3.90. The minimum atomic E-state index is 0.422. The van der Waals surface area contributed by atoms with Crippen molar-refractivity contribution >= 4 is 43.2 Å². The molecule has 0 atom stereocenters. The summed E-state index contributed by atoms with van der Waals surface area (Å²) in [6, 6.07) is 6.47. The SMILES string of the molecule is CN(C)c1cccc([Se][Se])c1N(C)C. The van der Waals surface area contributed by atoms with Gasteiger partial charge in [-0.2, -0.15) is 0 Å². The monoisotopic (exact) mass is 323 g/mol. The van der Waals surface area contributed by atoms with Crippen LogP contribution in [0.25, 0.3) is 0 Å². The van der Waals surface area contributed by atoms with Crippen molar-refractivity contribution in [1.29, 1.82) is 0 Å². The second kappa shape index (κ2) is 5.08. The summed E-state index contributed by atoms with van der Waals surface area (Å²) in [6.07, 6.45) is 0. The number of hydrogen-bond acceptors (Lipinski definition) is 2. The van der Waals surface area contributed by atoms with Crippen LogP contribution in [0.2, 0.25) is 0 Å². The van der Waals surface area contributed by atoms with Crippen LogP contribution in [0.5, 0.6) is 0 Å². The first-order chi connectivity index (χ1) is 6.57. The minimum absolute atomic E-state index is 0.422. The Morgan fingerprint density at radius 2 is 1.71 bits per heavy atom. The maximum absolute atomic E-state index is 3.14. The third kappa shape index (κ3) is 2.46. The molecule has 14 heavy (non-hydrogen) atoms. The Kier molecular flexibility index (Phi) is 4.33. The first-order valence-electron chi connectivity index (χ1n) is 4.35. The molecule has 2 nitrogen and oxygen atoms in total. The molecule has 0 saturated carbocycles. The maximum atomic E-state index is 3.14. The van der Waals surface area contributed by atoms with Crippen LogP contribution in [-0.4, -0.2) is 55.5 Å². The molecule has 1 aromatic carbocycles. The van der Waals surface area contributed by atoms with Gasteiger partial charge < -0.3 is 0 Å². The molecule has 1 aromatic rings. The molecule has 0 amide bonds. The molecule has 77 valence electrons. The van der Waals surface area contributed by atoms with Crippen LogP contribution >= 0.6 is 0 Å². The Morgan fingerprint density at radius 1 is 1.07 bits per heavy atom. The molecule has 1 radical (unpaired) electrons. The van der Waals surface area contributed by atoms with Crippen molar-refractivity contribution < 1.29 is 0 Å². The molecule has 0 saturated heterocycles. The predicted molar refractivity (Wildman–Crippen MR) is 66.2 cm³/mol. The summed E-state index contributed by atoms with van der Waals surface area (Å²) < 4.78 is 1.41. The van der Waals surface area contributed by atoms with E-state index >= 15 is 0 Å². The van der Waals surface area contributed by atoms with Gasteiger partial charge in [0.15, 0.2) is 0 Å². The van der Waals surface area contributed by atoms with Gasteiger partial charge in [0.05, 0.1) is 0 Å². The average molecular weight is 321 g/mol. The molecular formula is C10H15N2Se2. The van der Waals surface area contributed by atoms with Crippen molar-refractivity contribution in [2.45, 2.75) is 0 Å². The zero-order valence-corrected chi connectivity index (χ0v) is 12.4. The summed E-state index contributed by atoms with van der Waals surface area (Å²) >= 11 is 3.56. The van der Waals surface area contributed by atoms with Gasteiger partial charge in [-0.15, -0.1) is 0 Å². The van der Waals surface area contributed by atoms with E-state index in [1.54, 1.807) is 0 Å². The number of hydrogen-bond donors (Lipinski definition) is 0. The Morgan fingerprint density at radius 3 is 2.14 bits per heavy atom. The third-order valence-electron chi connectivity index (χ3n) is 2.00. The number of anilines is 2. The fourth-order valence-electron chi connectivity index (χ4n) is 1.39. The van der Waals surface area contributed by atoms with E-state index in [1.165, 1.54) is 15.8 Å². The fraction of sp³-hybridized carbons (Fsp3) is 0.400. The van der Waals surface area contributed by atoms with Gasteiger partial charge >= 0.3 is 99.3 Å². The normalized spacial score (nSPS) is 10.1. The van der Waals surface area contributed by atoms with Gasteiger partial charge in [-0.3, -0.25) is 0 Å². The van der Waals surface area contributed by atoms with Gasteiger partial charge in [-0.1, -0.05) is 0 Å². The first-order valence-corrected chi connectivity index (χ1v) is 9.54. The van der Waals surface area contributed by atoms with Crippen molar-refractivity contribution in [3.63, 3.8) is 0 Å². The molecule has 0 aliphatic heterocycles. The van der Waals surface area contributed by atoms with Crippen molar-refractivity contribution in [2.75, 3.05) is 38.0 Å². The summed E-state index contributed by atoms with van der Waals surface area (Å²) in [5.41, 5.74) is 2.61. The zero-order chi connectivity index (χ0) is 10.7. The first kappa shape index (κ1) is 11.9. The molecule has 4 heteroatoms. The van der Waals surface area contributed by atoms with Crippen LogP contribution in [0, 0.1) is 0 Å². The topological polar surface area (TPSA) is 6.48 Å². The molecule has 0 bridgehead atoms. The van der Waals surface area contributed by atoms with Gasteiger partial charge in [0.25, 0.3) is 0 Å². The average Bonchev–Trinajstić information content (AvgIpc) is 2.16. The third-order valence-corrected chi connectivity index (χ3v) is 5.02. The van der Waals surface area contributed by atoms with Gasteiger partial charge in [0.2, 0.25) is 0 Å². The van der Waals surface area contributed by atoms with E-state index in [2.05, 4.69) is 70.4 Å². The molecule has 0 aliphatic carbocycles. The van der Waals surface area contributed by atoms with Crippen LogP contribution in [-0.2, 0) is 0 Å². The summed E-state index contributed by atoms with van der Waals surface area (Å²) in [5, 5.41) is 0. The number of para-hydroxylation sites is 1. The zero-order valence-electron chi connectivity index (χ0n) is 8.94. The summed E-state index contributed by atoms with van der Waals surface area (Å²) in [5.74, 6) is 0. The van der Waals surface area contributed by atoms with E-state index in [9.17, 15) is 0 Å². The van der Waals surface area contributed by atoms with Gasteiger partial charge in [0.1, 0.15) is 0 Å². The summed E-state index contributed by atoms with van der Waals surface area (Å²) in [6.45, 7) is 0. The number of benzene rings is 1. The van der Waals surface area contributed by atoms with Crippen LogP contribution < -0.4 is 14.3 Å². The molecule has 0 spiro atoms. The number of rotatable bonds is 3. The van der Waals surface area contributed by atoms with Crippen molar-refractivity contribution in [2.24, 2.45) is 0 Å². The second-order valence-electron chi connectivity index (χ2n) is 3.50. The van der Waals surface area contributed by atoms with Gasteiger partial charge in [0, 0.05) is 0 Å². The molecule has 1 rings (SSSR count). The Labute approximate surface area is 99.2 Å². The van der Waals surface area contributed by atoms with Gasteiger partial charge in [-0.05, 0) is 0 Å². The van der Waals surface area contributed by atoms with E-state index < -0.39 is 0 Å². The van der Waals surface area contributed by atoms with Crippen molar-refractivity contribution in [3.8, 4) is 0 Å².